The highest BCUT2D eigenvalue weighted by molar-refractivity contribution is 9.10. The topological polar surface area (TPSA) is 31.6 Å². The summed E-state index contributed by atoms with van der Waals surface area (Å²) < 4.78 is 21.2. The molecule has 5 heteroatoms. The molecule has 39 heavy (non-hydrogen) atoms. The Labute approximate surface area is 242 Å². The van der Waals surface area contributed by atoms with E-state index >= 15 is 0 Å². The molecule has 7 aromatic rings. The average Bonchev–Trinajstić information content (AvgIpc) is 3.37. The molecule has 1 heterocycles. The predicted molar refractivity (Wildman–Crippen MR) is 168 cm³/mol. The molecule has 6 aromatic carbocycles. The molecule has 0 atom stereocenters. The SMILES string of the molecule is COc1c(-c2ccc(Br)cc2)c2ccccc2c2c1oc1c(OC)c(-c3ccc(Br)cc3)c3ccccc3c12. The van der Waals surface area contributed by atoms with Crippen LogP contribution in [0.4, 0.5) is 0 Å². The Hall–Kier alpha value is -3.80. The van der Waals surface area contributed by atoms with Crippen molar-refractivity contribution in [2.75, 3.05) is 14.2 Å². The van der Waals surface area contributed by atoms with Crippen LogP contribution in [-0.2, 0) is 0 Å². The van der Waals surface area contributed by atoms with Crippen LogP contribution in [-0.4, -0.2) is 14.2 Å². The van der Waals surface area contributed by atoms with Gasteiger partial charge in [0.05, 0.1) is 14.2 Å². The van der Waals surface area contributed by atoms with Gasteiger partial charge < -0.3 is 13.9 Å². The maximum absolute atomic E-state index is 6.82. The number of hydrogen-bond acceptors (Lipinski definition) is 3. The third-order valence-electron chi connectivity index (χ3n) is 7.38. The lowest BCUT2D eigenvalue weighted by atomic mass is 9.90. The van der Waals surface area contributed by atoms with Crippen molar-refractivity contribution in [1.29, 1.82) is 0 Å². The second-order valence-corrected chi connectivity index (χ2v) is 11.3. The van der Waals surface area contributed by atoms with Gasteiger partial charge in [0.2, 0.25) is 0 Å². The quantitative estimate of drug-likeness (QED) is 0.192. The Balaban J connectivity index is 1.73. The molecule has 0 bridgehead atoms. The third-order valence-corrected chi connectivity index (χ3v) is 8.44. The highest BCUT2D eigenvalue weighted by atomic mass is 79.9. The lowest BCUT2D eigenvalue weighted by Crippen LogP contribution is -1.92. The van der Waals surface area contributed by atoms with E-state index in [1.54, 1.807) is 14.2 Å². The molecular weight excluding hydrogens is 616 g/mol. The Morgan fingerprint density at radius 2 is 0.846 bits per heavy atom. The van der Waals surface area contributed by atoms with Gasteiger partial charge in [0, 0.05) is 30.8 Å². The number of halogens is 2. The number of ether oxygens (including phenoxy) is 2. The summed E-state index contributed by atoms with van der Waals surface area (Å²) in [6.45, 7) is 0. The van der Waals surface area contributed by atoms with Crippen LogP contribution in [0.25, 0.3) is 65.7 Å². The molecule has 0 unspecified atom stereocenters. The van der Waals surface area contributed by atoms with Gasteiger partial charge in [-0.2, -0.15) is 0 Å². The molecule has 0 saturated heterocycles. The standard InChI is InChI=1S/C34H22Br2O3/c1-37-31-27(19-11-15-21(35)16-12-19)23-7-3-5-9-25(23)29-30-26-10-6-4-8-24(26)28(20-13-17-22(36)18-14-20)32(38-2)34(30)39-33(29)31/h3-18H,1-2H3. The van der Waals surface area contributed by atoms with Gasteiger partial charge in [-0.05, 0) is 56.9 Å². The van der Waals surface area contributed by atoms with Crippen LogP contribution in [0.3, 0.4) is 0 Å². The van der Waals surface area contributed by atoms with Crippen LogP contribution in [0.1, 0.15) is 0 Å². The first-order chi connectivity index (χ1) is 19.1. The van der Waals surface area contributed by atoms with E-state index in [1.807, 2.05) is 24.3 Å². The summed E-state index contributed by atoms with van der Waals surface area (Å²) in [5.74, 6) is 1.41. The van der Waals surface area contributed by atoms with Gasteiger partial charge in [-0.25, -0.2) is 0 Å². The molecule has 0 saturated carbocycles. The minimum atomic E-state index is 0.707. The van der Waals surface area contributed by atoms with E-state index < -0.39 is 0 Å². The predicted octanol–water partition coefficient (Wildman–Crippen LogP) is 10.8. The molecule has 0 amide bonds. The van der Waals surface area contributed by atoms with E-state index in [4.69, 9.17) is 13.9 Å². The Morgan fingerprint density at radius 1 is 0.487 bits per heavy atom. The minimum absolute atomic E-state index is 0.707. The van der Waals surface area contributed by atoms with Gasteiger partial charge in [0.25, 0.3) is 0 Å². The summed E-state index contributed by atoms with van der Waals surface area (Å²) in [4.78, 5) is 0. The van der Waals surface area contributed by atoms with Crippen LogP contribution in [0.2, 0.25) is 0 Å². The molecular formula is C34H22Br2O3. The summed E-state index contributed by atoms with van der Waals surface area (Å²) >= 11 is 7.14. The van der Waals surface area contributed by atoms with Crippen LogP contribution >= 0.6 is 31.9 Å². The maximum atomic E-state index is 6.82. The molecule has 1 aromatic heterocycles. The van der Waals surface area contributed by atoms with Crippen LogP contribution < -0.4 is 9.47 Å². The van der Waals surface area contributed by atoms with Crippen molar-refractivity contribution in [3.05, 3.63) is 106 Å². The van der Waals surface area contributed by atoms with Crippen molar-refractivity contribution in [2.45, 2.75) is 0 Å². The van der Waals surface area contributed by atoms with E-state index in [9.17, 15) is 0 Å². The summed E-state index contributed by atoms with van der Waals surface area (Å²) in [6.07, 6.45) is 0. The number of hydrogen-bond donors (Lipinski definition) is 0. The summed E-state index contributed by atoms with van der Waals surface area (Å²) in [5, 5.41) is 6.46. The van der Waals surface area contributed by atoms with Gasteiger partial charge >= 0.3 is 0 Å². The number of fused-ring (bicyclic) bond motifs is 7. The molecule has 190 valence electrons. The smallest absolute Gasteiger partial charge is 0.178 e. The highest BCUT2D eigenvalue weighted by Gasteiger charge is 2.27. The second-order valence-electron chi connectivity index (χ2n) is 9.43. The molecule has 0 aliphatic heterocycles. The van der Waals surface area contributed by atoms with E-state index in [-0.39, 0.29) is 0 Å². The fraction of sp³-hybridized carbons (Fsp3) is 0.0588. The maximum Gasteiger partial charge on any atom is 0.178 e. The Kier molecular flexibility index (Phi) is 5.87. The van der Waals surface area contributed by atoms with E-state index in [0.29, 0.717) is 22.7 Å². The summed E-state index contributed by atoms with van der Waals surface area (Å²) in [7, 11) is 3.42. The number of methoxy groups -OCH3 is 2. The van der Waals surface area contributed by atoms with Crippen molar-refractivity contribution >= 4 is 75.3 Å². The molecule has 0 N–H and O–H groups in total. The van der Waals surface area contributed by atoms with Crippen molar-refractivity contribution in [3.63, 3.8) is 0 Å². The zero-order valence-electron chi connectivity index (χ0n) is 21.2. The van der Waals surface area contributed by atoms with Gasteiger partial charge in [0.1, 0.15) is 0 Å². The van der Waals surface area contributed by atoms with E-state index in [0.717, 1.165) is 63.5 Å². The fourth-order valence-corrected chi connectivity index (χ4v) is 6.30. The first-order valence-electron chi connectivity index (χ1n) is 12.6. The lowest BCUT2D eigenvalue weighted by molar-refractivity contribution is 0.406. The number of benzene rings is 6. The molecule has 7 rings (SSSR count). The normalized spacial score (nSPS) is 11.6. The average molecular weight is 638 g/mol. The molecule has 0 spiro atoms. The van der Waals surface area contributed by atoms with Crippen LogP contribution in [0.5, 0.6) is 11.5 Å². The lowest BCUT2D eigenvalue weighted by Gasteiger charge is -2.15. The summed E-state index contributed by atoms with van der Waals surface area (Å²) in [5.41, 5.74) is 5.54. The highest BCUT2D eigenvalue weighted by Crippen LogP contribution is 2.53. The first kappa shape index (κ1) is 24.3. The molecule has 0 aliphatic rings. The zero-order valence-corrected chi connectivity index (χ0v) is 24.4. The van der Waals surface area contributed by atoms with Crippen molar-refractivity contribution in [1.82, 2.24) is 0 Å². The molecule has 0 aliphatic carbocycles. The number of furan rings is 1. The minimum Gasteiger partial charge on any atom is -0.492 e. The first-order valence-corrected chi connectivity index (χ1v) is 14.1. The fourth-order valence-electron chi connectivity index (χ4n) is 5.77. The van der Waals surface area contributed by atoms with Crippen molar-refractivity contribution < 1.29 is 13.9 Å². The Morgan fingerprint density at radius 3 is 1.21 bits per heavy atom. The van der Waals surface area contributed by atoms with Crippen LogP contribution in [0, 0.1) is 0 Å². The zero-order chi connectivity index (χ0) is 26.7. The van der Waals surface area contributed by atoms with E-state index in [2.05, 4.69) is 105 Å². The van der Waals surface area contributed by atoms with Crippen molar-refractivity contribution in [2.24, 2.45) is 0 Å². The van der Waals surface area contributed by atoms with E-state index in [1.165, 1.54) is 0 Å². The van der Waals surface area contributed by atoms with Gasteiger partial charge in [-0.15, -0.1) is 0 Å². The Bertz CT molecular complexity index is 1890. The van der Waals surface area contributed by atoms with Gasteiger partial charge in [0.15, 0.2) is 22.7 Å². The monoisotopic (exact) mass is 636 g/mol. The summed E-state index contributed by atoms with van der Waals surface area (Å²) in [6, 6.07) is 33.5. The molecule has 0 radical (unpaired) electrons. The third kappa shape index (κ3) is 3.68. The van der Waals surface area contributed by atoms with Crippen LogP contribution in [0.15, 0.2) is 110 Å². The molecule has 3 nitrogen and oxygen atoms in total. The van der Waals surface area contributed by atoms with Gasteiger partial charge in [-0.3, -0.25) is 0 Å². The second kappa shape index (κ2) is 9.44. The molecule has 0 fully saturated rings. The van der Waals surface area contributed by atoms with Crippen molar-refractivity contribution in [3.8, 4) is 33.8 Å². The van der Waals surface area contributed by atoms with Gasteiger partial charge in [-0.1, -0.05) is 105 Å². The number of rotatable bonds is 4. The largest absolute Gasteiger partial charge is 0.492 e.